The number of ketones is 1. The highest BCUT2D eigenvalue weighted by molar-refractivity contribution is 5.84. The number of carbonyl (C=O) groups excluding carboxylic acids is 2. The molecule has 1 aliphatic rings. The highest BCUT2D eigenvalue weighted by atomic mass is 16.5. The van der Waals surface area contributed by atoms with Crippen molar-refractivity contribution in [3.8, 4) is 0 Å². The summed E-state index contributed by atoms with van der Waals surface area (Å²) in [5.74, 6) is 0.221. The van der Waals surface area contributed by atoms with E-state index in [1.807, 2.05) is 0 Å². The average Bonchev–Trinajstić information content (AvgIpc) is 2.67. The lowest BCUT2D eigenvalue weighted by Gasteiger charge is -2.06. The zero-order valence-electron chi connectivity index (χ0n) is 8.75. The van der Waals surface area contributed by atoms with Gasteiger partial charge in [0.25, 0.3) is 0 Å². The summed E-state index contributed by atoms with van der Waals surface area (Å²) in [5, 5.41) is 0. The maximum absolute atomic E-state index is 11.5. The Balaban J connectivity index is 2.17. The summed E-state index contributed by atoms with van der Waals surface area (Å²) in [6.07, 6.45) is 4.97. The Morgan fingerprint density at radius 3 is 2.43 bits per heavy atom. The van der Waals surface area contributed by atoms with Crippen LogP contribution in [0.5, 0.6) is 0 Å². The van der Waals surface area contributed by atoms with Crippen molar-refractivity contribution in [2.75, 3.05) is 6.61 Å². The van der Waals surface area contributed by atoms with Crippen LogP contribution < -0.4 is 0 Å². The SMILES string of the molecule is CCOC(=O)CCC(=O)C1CCCC1. The summed E-state index contributed by atoms with van der Waals surface area (Å²) in [5.41, 5.74) is 0. The largest absolute Gasteiger partial charge is 0.466 e. The molecule has 1 rings (SSSR count). The second-order valence-corrected chi connectivity index (χ2v) is 3.75. The molecule has 1 fully saturated rings. The monoisotopic (exact) mass is 198 g/mol. The van der Waals surface area contributed by atoms with Crippen LogP contribution in [-0.4, -0.2) is 18.4 Å². The van der Waals surface area contributed by atoms with Gasteiger partial charge in [-0.15, -0.1) is 0 Å². The molecular formula is C11H18O3. The van der Waals surface area contributed by atoms with Gasteiger partial charge in [0.05, 0.1) is 13.0 Å². The van der Waals surface area contributed by atoms with Gasteiger partial charge >= 0.3 is 5.97 Å². The molecule has 1 aliphatic carbocycles. The number of hydrogen-bond acceptors (Lipinski definition) is 3. The Bertz CT molecular complexity index is 205. The predicted octanol–water partition coefficient (Wildman–Crippen LogP) is 2.09. The first-order valence-electron chi connectivity index (χ1n) is 5.42. The van der Waals surface area contributed by atoms with E-state index in [9.17, 15) is 9.59 Å². The van der Waals surface area contributed by atoms with Crippen LogP contribution in [0.4, 0.5) is 0 Å². The minimum Gasteiger partial charge on any atom is -0.466 e. The maximum Gasteiger partial charge on any atom is 0.306 e. The molecule has 0 amide bonds. The van der Waals surface area contributed by atoms with Crippen molar-refractivity contribution in [3.63, 3.8) is 0 Å². The third-order valence-electron chi connectivity index (χ3n) is 2.69. The van der Waals surface area contributed by atoms with Gasteiger partial charge in [-0.2, -0.15) is 0 Å². The molecule has 0 spiro atoms. The van der Waals surface area contributed by atoms with Crippen molar-refractivity contribution in [1.29, 1.82) is 0 Å². The number of esters is 1. The fourth-order valence-corrected chi connectivity index (χ4v) is 1.91. The predicted molar refractivity (Wildman–Crippen MR) is 52.8 cm³/mol. The molecule has 0 aromatic heterocycles. The van der Waals surface area contributed by atoms with Crippen molar-refractivity contribution in [2.45, 2.75) is 45.4 Å². The van der Waals surface area contributed by atoms with E-state index in [1.54, 1.807) is 6.92 Å². The van der Waals surface area contributed by atoms with E-state index >= 15 is 0 Å². The van der Waals surface area contributed by atoms with E-state index in [0.717, 1.165) is 25.7 Å². The number of rotatable bonds is 5. The smallest absolute Gasteiger partial charge is 0.306 e. The average molecular weight is 198 g/mol. The van der Waals surface area contributed by atoms with Gasteiger partial charge in [0.1, 0.15) is 5.78 Å². The van der Waals surface area contributed by atoms with Gasteiger partial charge in [0, 0.05) is 12.3 Å². The summed E-state index contributed by atoms with van der Waals surface area (Å²) in [6, 6.07) is 0. The third-order valence-corrected chi connectivity index (χ3v) is 2.69. The highest BCUT2D eigenvalue weighted by Crippen LogP contribution is 2.26. The summed E-state index contributed by atoms with van der Waals surface area (Å²) >= 11 is 0. The Morgan fingerprint density at radius 2 is 1.86 bits per heavy atom. The van der Waals surface area contributed by atoms with Gasteiger partial charge in [-0.25, -0.2) is 0 Å². The summed E-state index contributed by atoms with van der Waals surface area (Å²) in [4.78, 5) is 22.5. The summed E-state index contributed by atoms with van der Waals surface area (Å²) in [7, 11) is 0. The van der Waals surface area contributed by atoms with Crippen LogP contribution in [0.15, 0.2) is 0 Å². The molecule has 0 aromatic carbocycles. The highest BCUT2D eigenvalue weighted by Gasteiger charge is 2.22. The van der Waals surface area contributed by atoms with Crippen LogP contribution in [0.2, 0.25) is 0 Å². The normalized spacial score (nSPS) is 16.9. The summed E-state index contributed by atoms with van der Waals surface area (Å²) in [6.45, 7) is 2.17. The molecule has 80 valence electrons. The zero-order valence-corrected chi connectivity index (χ0v) is 8.75. The zero-order chi connectivity index (χ0) is 10.4. The van der Waals surface area contributed by atoms with Crippen LogP contribution in [0.1, 0.15) is 45.4 Å². The Labute approximate surface area is 84.8 Å². The number of ether oxygens (including phenoxy) is 1. The van der Waals surface area contributed by atoms with Crippen molar-refractivity contribution in [3.05, 3.63) is 0 Å². The molecule has 0 atom stereocenters. The van der Waals surface area contributed by atoms with Crippen molar-refractivity contribution >= 4 is 11.8 Å². The first-order chi connectivity index (χ1) is 6.74. The first kappa shape index (κ1) is 11.2. The summed E-state index contributed by atoms with van der Waals surface area (Å²) < 4.78 is 4.76. The minimum atomic E-state index is -0.251. The van der Waals surface area contributed by atoms with Crippen LogP contribution in [0.3, 0.4) is 0 Å². The van der Waals surface area contributed by atoms with Gasteiger partial charge in [0.15, 0.2) is 0 Å². The second-order valence-electron chi connectivity index (χ2n) is 3.75. The van der Waals surface area contributed by atoms with Gasteiger partial charge in [-0.3, -0.25) is 9.59 Å². The fraction of sp³-hybridized carbons (Fsp3) is 0.818. The molecule has 14 heavy (non-hydrogen) atoms. The molecule has 0 aliphatic heterocycles. The molecule has 1 saturated carbocycles. The minimum absolute atomic E-state index is 0.226. The van der Waals surface area contributed by atoms with Crippen molar-refractivity contribution < 1.29 is 14.3 Å². The lowest BCUT2D eigenvalue weighted by Crippen LogP contribution is -2.13. The Morgan fingerprint density at radius 1 is 1.21 bits per heavy atom. The van der Waals surface area contributed by atoms with E-state index in [2.05, 4.69) is 0 Å². The Kier molecular flexibility index (Phi) is 4.63. The molecule has 3 nitrogen and oxygen atoms in total. The van der Waals surface area contributed by atoms with Crippen LogP contribution in [0, 0.1) is 5.92 Å². The molecule has 0 unspecified atom stereocenters. The number of Topliss-reactive ketones (excluding diaryl/α,β-unsaturated/α-hetero) is 1. The van der Waals surface area contributed by atoms with E-state index in [1.165, 1.54) is 0 Å². The fourth-order valence-electron chi connectivity index (χ4n) is 1.91. The standard InChI is InChI=1S/C11H18O3/c1-2-14-11(13)8-7-10(12)9-5-3-4-6-9/h9H,2-8H2,1H3. The molecule has 0 bridgehead atoms. The van der Waals surface area contributed by atoms with Gasteiger partial charge < -0.3 is 4.74 Å². The molecule has 0 heterocycles. The van der Waals surface area contributed by atoms with Gasteiger partial charge in [0.2, 0.25) is 0 Å². The maximum atomic E-state index is 11.5. The first-order valence-corrected chi connectivity index (χ1v) is 5.42. The Hall–Kier alpha value is -0.860. The van der Waals surface area contributed by atoms with Gasteiger partial charge in [-0.05, 0) is 19.8 Å². The molecule has 0 aromatic rings. The molecule has 0 radical (unpaired) electrons. The molecular weight excluding hydrogens is 180 g/mol. The van der Waals surface area contributed by atoms with E-state index in [4.69, 9.17) is 4.74 Å². The van der Waals surface area contributed by atoms with Crippen LogP contribution in [-0.2, 0) is 14.3 Å². The molecule has 3 heteroatoms. The quantitative estimate of drug-likeness (QED) is 0.635. The number of carbonyl (C=O) groups is 2. The van der Waals surface area contributed by atoms with E-state index in [-0.39, 0.29) is 24.1 Å². The third kappa shape index (κ3) is 3.48. The van der Waals surface area contributed by atoms with Crippen molar-refractivity contribution in [1.82, 2.24) is 0 Å². The van der Waals surface area contributed by atoms with Crippen LogP contribution in [0.25, 0.3) is 0 Å². The number of hydrogen-bond donors (Lipinski definition) is 0. The second kappa shape index (κ2) is 5.78. The molecule has 0 N–H and O–H groups in total. The lowest BCUT2D eigenvalue weighted by atomic mass is 9.99. The lowest BCUT2D eigenvalue weighted by molar-refractivity contribution is -0.144. The van der Waals surface area contributed by atoms with E-state index < -0.39 is 0 Å². The topological polar surface area (TPSA) is 43.4 Å². The molecule has 0 saturated heterocycles. The van der Waals surface area contributed by atoms with Crippen LogP contribution >= 0.6 is 0 Å². The van der Waals surface area contributed by atoms with E-state index in [0.29, 0.717) is 13.0 Å². The van der Waals surface area contributed by atoms with Crippen molar-refractivity contribution in [2.24, 2.45) is 5.92 Å². The van der Waals surface area contributed by atoms with Gasteiger partial charge in [-0.1, -0.05) is 12.8 Å².